The molecule has 3 aromatic rings. The van der Waals surface area contributed by atoms with Gasteiger partial charge in [0.25, 0.3) is 5.89 Å². The summed E-state index contributed by atoms with van der Waals surface area (Å²) in [6.07, 6.45) is -2.64. The average Bonchev–Trinajstić information content (AvgIpc) is 3.39. The van der Waals surface area contributed by atoms with Crippen LogP contribution in [-0.2, 0) is 16.0 Å². The Morgan fingerprint density at radius 1 is 1.24 bits per heavy atom. The number of carbonyl (C=O) groups is 2. The Kier molecular flexibility index (Phi) is 10.1. The van der Waals surface area contributed by atoms with Crippen molar-refractivity contribution in [1.82, 2.24) is 15.5 Å². The lowest BCUT2D eigenvalue weighted by atomic mass is 9.86. The highest BCUT2D eigenvalue weighted by atomic mass is 19.4. The van der Waals surface area contributed by atoms with Crippen molar-refractivity contribution >= 4 is 11.9 Å². The highest BCUT2D eigenvalue weighted by molar-refractivity contribution is 5.73. The van der Waals surface area contributed by atoms with Gasteiger partial charge in [0.15, 0.2) is 0 Å². The van der Waals surface area contributed by atoms with Crippen molar-refractivity contribution in [1.29, 1.82) is 5.26 Å². The van der Waals surface area contributed by atoms with Crippen LogP contribution in [0.4, 0.5) is 13.2 Å². The molecule has 1 aromatic heterocycles. The van der Waals surface area contributed by atoms with Crippen LogP contribution >= 0.6 is 0 Å². The summed E-state index contributed by atoms with van der Waals surface area (Å²) in [5.41, 5.74) is 5.54. The first-order chi connectivity index (χ1) is 19.3. The third kappa shape index (κ3) is 8.04. The minimum Gasteiger partial charge on any atom is -0.490 e. The molecule has 2 heterocycles. The molecule has 0 saturated heterocycles. The summed E-state index contributed by atoms with van der Waals surface area (Å²) >= 11 is 0. The fraction of sp³-hybridized carbons (Fsp3) is 0.393. The van der Waals surface area contributed by atoms with Crippen molar-refractivity contribution in [2.24, 2.45) is 0 Å². The summed E-state index contributed by atoms with van der Waals surface area (Å²) in [6.45, 7) is 6.73. The lowest BCUT2D eigenvalue weighted by Gasteiger charge is -2.29. The molecule has 1 atom stereocenters. The molecule has 0 spiro atoms. The molecule has 10 nitrogen and oxygen atoms in total. The van der Waals surface area contributed by atoms with E-state index in [1.54, 1.807) is 12.1 Å². The maximum absolute atomic E-state index is 10.9. The Morgan fingerprint density at radius 3 is 2.56 bits per heavy atom. The molecule has 1 aliphatic heterocycles. The molecule has 2 aromatic carbocycles. The molecule has 0 saturated carbocycles. The first-order valence-electron chi connectivity index (χ1n) is 12.7. The molecular weight excluding hydrogens is 545 g/mol. The van der Waals surface area contributed by atoms with Gasteiger partial charge in [0, 0.05) is 23.6 Å². The van der Waals surface area contributed by atoms with E-state index in [1.165, 1.54) is 11.1 Å². The van der Waals surface area contributed by atoms with E-state index < -0.39 is 18.1 Å². The Bertz CT molecular complexity index is 1450. The van der Waals surface area contributed by atoms with Crippen LogP contribution in [-0.4, -0.2) is 51.1 Å². The maximum Gasteiger partial charge on any atom is 0.490 e. The van der Waals surface area contributed by atoms with Gasteiger partial charge in [-0.3, -0.25) is 4.79 Å². The van der Waals surface area contributed by atoms with Crippen molar-refractivity contribution in [3.05, 3.63) is 52.6 Å². The van der Waals surface area contributed by atoms with E-state index in [-0.39, 0.29) is 18.6 Å². The van der Waals surface area contributed by atoms with Gasteiger partial charge >= 0.3 is 18.1 Å². The number of nitriles is 1. The van der Waals surface area contributed by atoms with Crippen molar-refractivity contribution in [2.45, 2.75) is 64.8 Å². The van der Waals surface area contributed by atoms with Gasteiger partial charge in [-0.2, -0.15) is 23.4 Å². The largest absolute Gasteiger partial charge is 0.490 e. The molecule has 4 rings (SSSR count). The van der Waals surface area contributed by atoms with E-state index >= 15 is 0 Å². The summed E-state index contributed by atoms with van der Waals surface area (Å²) in [7, 11) is 0. The molecule has 13 heteroatoms. The number of hydrogen-bond donors (Lipinski definition) is 3. The van der Waals surface area contributed by atoms with Crippen LogP contribution in [0.15, 0.2) is 34.9 Å². The number of nitrogens with one attached hydrogen (secondary N) is 1. The Morgan fingerprint density at radius 2 is 1.95 bits per heavy atom. The lowest BCUT2D eigenvalue weighted by molar-refractivity contribution is -0.192. The number of carboxylic acid groups (broad SMARTS) is 2. The Hall–Kier alpha value is -4.44. The normalized spacial score (nSPS) is 14.4. The predicted octanol–water partition coefficient (Wildman–Crippen LogP) is 5.45. The molecule has 0 radical (unpaired) electrons. The number of rotatable bonds is 8. The number of aliphatic carboxylic acids is 2. The van der Waals surface area contributed by atoms with Crippen molar-refractivity contribution in [3.63, 3.8) is 0 Å². The summed E-state index contributed by atoms with van der Waals surface area (Å²) < 4.78 is 43.0. The molecule has 0 fully saturated rings. The zero-order valence-electron chi connectivity index (χ0n) is 22.6. The number of alkyl halides is 3. The zero-order chi connectivity index (χ0) is 30.3. The van der Waals surface area contributed by atoms with Gasteiger partial charge < -0.3 is 24.8 Å². The molecular formula is C28H29F3N4O6. The van der Waals surface area contributed by atoms with Gasteiger partial charge in [0.1, 0.15) is 11.8 Å². The molecule has 41 heavy (non-hydrogen) atoms. The van der Waals surface area contributed by atoms with Crippen LogP contribution in [0.5, 0.6) is 5.75 Å². The minimum atomic E-state index is -5.08. The second kappa shape index (κ2) is 13.3. The number of nitrogens with zero attached hydrogens (tertiary/aromatic N) is 3. The zero-order valence-corrected chi connectivity index (χ0v) is 22.6. The number of ether oxygens (including phenoxy) is 1. The Labute approximate surface area is 233 Å². The van der Waals surface area contributed by atoms with E-state index in [2.05, 4.69) is 34.5 Å². The van der Waals surface area contributed by atoms with Gasteiger partial charge in [-0.15, -0.1) is 0 Å². The first-order valence-corrected chi connectivity index (χ1v) is 12.7. The number of halogens is 3. The minimum absolute atomic E-state index is 0.0353. The van der Waals surface area contributed by atoms with Crippen molar-refractivity contribution in [3.8, 4) is 34.7 Å². The smallest absolute Gasteiger partial charge is 0.490 e. The fourth-order valence-electron chi connectivity index (χ4n) is 4.43. The maximum atomic E-state index is 10.9. The van der Waals surface area contributed by atoms with E-state index in [0.29, 0.717) is 35.0 Å². The van der Waals surface area contributed by atoms with Gasteiger partial charge in [0.05, 0.1) is 11.7 Å². The van der Waals surface area contributed by atoms with Crippen molar-refractivity contribution < 1.29 is 42.2 Å². The molecule has 1 unspecified atom stereocenters. The van der Waals surface area contributed by atoms with Crippen LogP contribution in [0.1, 0.15) is 61.4 Å². The number of carboxylic acids is 2. The fourth-order valence-corrected chi connectivity index (χ4v) is 4.43. The van der Waals surface area contributed by atoms with E-state index in [9.17, 15) is 23.2 Å². The molecule has 0 aliphatic carbocycles. The van der Waals surface area contributed by atoms with Crippen LogP contribution in [0, 0.1) is 18.3 Å². The quantitative estimate of drug-likeness (QED) is 0.316. The predicted molar refractivity (Wildman–Crippen MR) is 140 cm³/mol. The van der Waals surface area contributed by atoms with E-state index in [1.807, 2.05) is 26.0 Å². The van der Waals surface area contributed by atoms with E-state index in [0.717, 1.165) is 30.5 Å². The monoisotopic (exact) mass is 574 g/mol. The van der Waals surface area contributed by atoms with Crippen LogP contribution in [0.25, 0.3) is 22.8 Å². The lowest BCUT2D eigenvalue weighted by Crippen LogP contribution is -2.30. The van der Waals surface area contributed by atoms with E-state index in [4.69, 9.17) is 24.3 Å². The van der Waals surface area contributed by atoms with Crippen LogP contribution < -0.4 is 10.1 Å². The second-order valence-corrected chi connectivity index (χ2v) is 9.56. The summed E-state index contributed by atoms with van der Waals surface area (Å²) in [6, 6.07) is 11.6. The van der Waals surface area contributed by atoms with Crippen LogP contribution in [0.3, 0.4) is 0 Å². The average molecular weight is 575 g/mol. The summed E-state index contributed by atoms with van der Waals surface area (Å²) in [5.74, 6) is -2.16. The first kappa shape index (κ1) is 31.1. The number of aromatic nitrogens is 2. The SMILES string of the molecule is Cc1c(-c2noc(-c3ccc(OC(C)C)c(C#N)c3)n2)ccc2c1CCNC2CCCC(=O)O.O=C(O)C(F)(F)F. The standard InChI is InChI=1S/C26H28N4O4.C2HF3O2/c1-15(2)33-23-10-7-17(13-18(23)14-27)26-29-25(30-34-26)20-8-9-21-19(16(20)3)11-12-28-22(21)5-4-6-24(31)32;3-2(4,5)1(6)7/h7-10,13,15,22,28H,4-6,11-12H2,1-3H3,(H,31,32);(H,6,7). The highest BCUT2D eigenvalue weighted by Gasteiger charge is 2.38. The molecule has 218 valence electrons. The molecule has 1 aliphatic rings. The number of hydrogen-bond acceptors (Lipinski definition) is 8. The number of benzene rings is 2. The van der Waals surface area contributed by atoms with Gasteiger partial charge in [-0.25, -0.2) is 4.79 Å². The Balaban J connectivity index is 0.000000587. The van der Waals surface area contributed by atoms with Crippen molar-refractivity contribution in [2.75, 3.05) is 6.54 Å². The molecule has 0 bridgehead atoms. The topological polar surface area (TPSA) is 159 Å². The third-order valence-corrected chi connectivity index (χ3v) is 6.28. The third-order valence-electron chi connectivity index (χ3n) is 6.28. The highest BCUT2D eigenvalue weighted by Crippen LogP contribution is 2.35. The number of fused-ring (bicyclic) bond motifs is 1. The second-order valence-electron chi connectivity index (χ2n) is 9.56. The molecule has 3 N–H and O–H groups in total. The van der Waals surface area contributed by atoms with Gasteiger partial charge in [-0.05, 0) is 81.5 Å². The van der Waals surface area contributed by atoms with Crippen LogP contribution in [0.2, 0.25) is 0 Å². The summed E-state index contributed by atoms with van der Waals surface area (Å²) in [4.78, 5) is 24.4. The molecule has 0 amide bonds. The van der Waals surface area contributed by atoms with Gasteiger partial charge in [-0.1, -0.05) is 17.3 Å². The van der Waals surface area contributed by atoms with Gasteiger partial charge in [0.2, 0.25) is 5.82 Å². The summed E-state index contributed by atoms with van der Waals surface area (Å²) in [5, 5.41) is 33.3.